The van der Waals surface area contributed by atoms with Crippen LogP contribution in [0.5, 0.6) is 11.5 Å². The predicted molar refractivity (Wildman–Crippen MR) is 112 cm³/mol. The first kappa shape index (κ1) is 20.2. The van der Waals surface area contributed by atoms with Crippen molar-refractivity contribution in [1.29, 1.82) is 5.26 Å². The molecule has 0 aliphatic rings. The molecule has 0 amide bonds. The highest BCUT2D eigenvalue weighted by Crippen LogP contribution is 2.35. The van der Waals surface area contributed by atoms with Crippen molar-refractivity contribution in [1.82, 2.24) is 9.97 Å². The lowest BCUT2D eigenvalue weighted by atomic mass is 10.0. The molecular weight excluding hydrogens is 369 g/mol. The summed E-state index contributed by atoms with van der Waals surface area (Å²) in [5.74, 6) is 1.32. The minimum atomic E-state index is -0.364. The standard InChI is InChI=1S/C23H22FN3O2/c1-4-7-16-10-15(12-21(28-5-2)22(16)29-6-3)11-17(14-25)23-26-19-9-8-18(24)13-20(19)27-23/h4,8-13H,1,5-7H2,2-3H3,(H,26,27)/b17-11-. The fourth-order valence-corrected chi connectivity index (χ4v) is 3.07. The monoisotopic (exact) mass is 391 g/mol. The molecular formula is C23H22FN3O2. The second kappa shape index (κ2) is 9.07. The SMILES string of the molecule is C=CCc1cc(/C=C(/C#N)c2nc3ccc(F)cc3[nH]2)cc(OCC)c1OCC. The van der Waals surface area contributed by atoms with Crippen LogP contribution in [-0.4, -0.2) is 23.2 Å². The molecule has 5 nitrogen and oxygen atoms in total. The average Bonchev–Trinajstić information content (AvgIpc) is 3.12. The van der Waals surface area contributed by atoms with Gasteiger partial charge >= 0.3 is 0 Å². The zero-order chi connectivity index (χ0) is 20.8. The molecule has 3 aromatic rings. The number of aromatic amines is 1. The molecule has 2 aromatic carbocycles. The summed E-state index contributed by atoms with van der Waals surface area (Å²) in [5, 5.41) is 9.68. The highest BCUT2D eigenvalue weighted by Gasteiger charge is 2.14. The van der Waals surface area contributed by atoms with E-state index in [2.05, 4.69) is 22.6 Å². The molecule has 0 spiro atoms. The molecule has 0 saturated heterocycles. The number of fused-ring (bicyclic) bond motifs is 1. The first-order chi connectivity index (χ1) is 14.1. The quantitative estimate of drug-likeness (QED) is 0.418. The van der Waals surface area contributed by atoms with E-state index in [-0.39, 0.29) is 5.82 Å². The zero-order valence-corrected chi connectivity index (χ0v) is 16.5. The lowest BCUT2D eigenvalue weighted by Gasteiger charge is -2.16. The molecule has 0 aliphatic heterocycles. The molecule has 6 heteroatoms. The van der Waals surface area contributed by atoms with E-state index in [9.17, 15) is 9.65 Å². The van der Waals surface area contributed by atoms with Gasteiger partial charge in [0.25, 0.3) is 0 Å². The Bertz CT molecular complexity index is 1110. The number of nitrogens with zero attached hydrogens (tertiary/aromatic N) is 2. The Morgan fingerprint density at radius 3 is 2.72 bits per heavy atom. The maximum Gasteiger partial charge on any atom is 0.164 e. The largest absolute Gasteiger partial charge is 0.490 e. The first-order valence-corrected chi connectivity index (χ1v) is 9.40. The Morgan fingerprint density at radius 2 is 2.03 bits per heavy atom. The van der Waals surface area contributed by atoms with Crippen LogP contribution in [0.15, 0.2) is 43.0 Å². The maximum atomic E-state index is 13.4. The molecule has 3 rings (SSSR count). The molecule has 0 unspecified atom stereocenters. The average molecular weight is 391 g/mol. The Morgan fingerprint density at radius 1 is 1.24 bits per heavy atom. The molecule has 0 aliphatic carbocycles. The van der Waals surface area contributed by atoms with Crippen molar-refractivity contribution < 1.29 is 13.9 Å². The number of imidazole rings is 1. The Labute approximate surface area is 169 Å². The van der Waals surface area contributed by atoms with Crippen molar-refractivity contribution in [2.45, 2.75) is 20.3 Å². The summed E-state index contributed by atoms with van der Waals surface area (Å²) >= 11 is 0. The fourth-order valence-electron chi connectivity index (χ4n) is 3.07. The van der Waals surface area contributed by atoms with Gasteiger partial charge in [-0.25, -0.2) is 9.37 Å². The summed E-state index contributed by atoms with van der Waals surface area (Å²) in [6.07, 6.45) is 4.11. The number of ether oxygens (including phenoxy) is 2. The van der Waals surface area contributed by atoms with Crippen LogP contribution in [0.4, 0.5) is 4.39 Å². The van der Waals surface area contributed by atoms with Crippen molar-refractivity contribution in [3.8, 4) is 17.6 Å². The van der Waals surface area contributed by atoms with Crippen LogP contribution in [0.2, 0.25) is 0 Å². The van der Waals surface area contributed by atoms with Gasteiger partial charge in [-0.05, 0) is 62.2 Å². The van der Waals surface area contributed by atoms with E-state index in [0.717, 1.165) is 11.1 Å². The van der Waals surface area contributed by atoms with Gasteiger partial charge < -0.3 is 14.5 Å². The topological polar surface area (TPSA) is 70.9 Å². The number of hydrogen-bond acceptors (Lipinski definition) is 4. The van der Waals surface area contributed by atoms with Crippen molar-refractivity contribution >= 4 is 22.7 Å². The van der Waals surface area contributed by atoms with E-state index in [1.807, 2.05) is 26.0 Å². The number of hydrogen-bond donors (Lipinski definition) is 1. The third-order valence-corrected chi connectivity index (χ3v) is 4.24. The van der Waals surface area contributed by atoms with Crippen molar-refractivity contribution in [2.24, 2.45) is 0 Å². The van der Waals surface area contributed by atoms with E-state index in [1.165, 1.54) is 12.1 Å². The minimum absolute atomic E-state index is 0.331. The number of nitriles is 1. The molecule has 0 radical (unpaired) electrons. The van der Waals surface area contributed by atoms with Gasteiger partial charge in [0.1, 0.15) is 17.7 Å². The zero-order valence-electron chi connectivity index (χ0n) is 16.5. The van der Waals surface area contributed by atoms with Crippen LogP contribution in [0.3, 0.4) is 0 Å². The third-order valence-electron chi connectivity index (χ3n) is 4.24. The minimum Gasteiger partial charge on any atom is -0.490 e. The number of rotatable bonds is 8. The van der Waals surface area contributed by atoms with Gasteiger partial charge in [0.2, 0.25) is 0 Å². The lowest BCUT2D eigenvalue weighted by Crippen LogP contribution is -2.02. The van der Waals surface area contributed by atoms with Crippen LogP contribution >= 0.6 is 0 Å². The van der Waals surface area contributed by atoms with Crippen LogP contribution < -0.4 is 9.47 Å². The van der Waals surface area contributed by atoms with Gasteiger partial charge in [-0.3, -0.25) is 0 Å². The van der Waals surface area contributed by atoms with Crippen LogP contribution in [-0.2, 0) is 6.42 Å². The summed E-state index contributed by atoms with van der Waals surface area (Å²) in [6, 6.07) is 10.2. The van der Waals surface area contributed by atoms with Gasteiger partial charge in [-0.1, -0.05) is 6.08 Å². The van der Waals surface area contributed by atoms with Gasteiger partial charge in [0, 0.05) is 5.56 Å². The lowest BCUT2D eigenvalue weighted by molar-refractivity contribution is 0.285. The molecule has 148 valence electrons. The highest BCUT2D eigenvalue weighted by molar-refractivity contribution is 5.90. The number of H-pyrrole nitrogens is 1. The number of aromatic nitrogens is 2. The molecule has 1 N–H and O–H groups in total. The van der Waals surface area contributed by atoms with Crippen molar-refractivity contribution in [3.63, 3.8) is 0 Å². The number of halogens is 1. The van der Waals surface area contributed by atoms with E-state index in [4.69, 9.17) is 9.47 Å². The van der Waals surface area contributed by atoms with E-state index in [0.29, 0.717) is 53.6 Å². The van der Waals surface area contributed by atoms with E-state index in [1.54, 1.807) is 18.2 Å². The molecule has 0 saturated carbocycles. The van der Waals surface area contributed by atoms with E-state index < -0.39 is 0 Å². The van der Waals surface area contributed by atoms with E-state index >= 15 is 0 Å². The summed E-state index contributed by atoms with van der Waals surface area (Å²) in [4.78, 5) is 7.41. The summed E-state index contributed by atoms with van der Waals surface area (Å²) in [6.45, 7) is 8.63. The Hall–Kier alpha value is -3.59. The molecule has 29 heavy (non-hydrogen) atoms. The van der Waals surface area contributed by atoms with Gasteiger partial charge in [-0.15, -0.1) is 6.58 Å². The number of nitrogens with one attached hydrogen (secondary N) is 1. The summed E-state index contributed by atoms with van der Waals surface area (Å²) in [5.41, 5.74) is 3.16. The second-order valence-electron chi connectivity index (χ2n) is 6.28. The second-order valence-corrected chi connectivity index (χ2v) is 6.28. The van der Waals surface area contributed by atoms with Gasteiger partial charge in [0.05, 0.1) is 29.8 Å². The van der Waals surface area contributed by atoms with Crippen LogP contribution in [0.25, 0.3) is 22.7 Å². The number of benzene rings is 2. The predicted octanol–water partition coefficient (Wildman–Crippen LogP) is 5.29. The summed E-state index contributed by atoms with van der Waals surface area (Å²) < 4.78 is 25.0. The normalized spacial score (nSPS) is 11.3. The molecule has 1 heterocycles. The smallest absolute Gasteiger partial charge is 0.164 e. The highest BCUT2D eigenvalue weighted by atomic mass is 19.1. The van der Waals surface area contributed by atoms with Gasteiger partial charge in [0.15, 0.2) is 11.5 Å². The molecule has 0 bridgehead atoms. The molecule has 0 atom stereocenters. The summed E-state index contributed by atoms with van der Waals surface area (Å²) in [7, 11) is 0. The molecule has 1 aromatic heterocycles. The van der Waals surface area contributed by atoms with Gasteiger partial charge in [-0.2, -0.15) is 5.26 Å². The van der Waals surface area contributed by atoms with Crippen molar-refractivity contribution in [2.75, 3.05) is 13.2 Å². The Balaban J connectivity index is 2.09. The third kappa shape index (κ3) is 4.46. The number of allylic oxidation sites excluding steroid dienone is 2. The van der Waals surface area contributed by atoms with Crippen LogP contribution in [0.1, 0.15) is 30.8 Å². The Kier molecular flexibility index (Phi) is 6.30. The molecule has 0 fully saturated rings. The van der Waals surface area contributed by atoms with Crippen LogP contribution in [0, 0.1) is 17.1 Å². The maximum absolute atomic E-state index is 13.4. The fraction of sp³-hybridized carbons (Fsp3) is 0.217. The first-order valence-electron chi connectivity index (χ1n) is 9.40. The van der Waals surface area contributed by atoms with Crippen molar-refractivity contribution in [3.05, 3.63) is 65.8 Å².